The third kappa shape index (κ3) is 5.43. The van der Waals surface area contributed by atoms with E-state index < -0.39 is 18.1 Å². The minimum absolute atomic E-state index is 0.201. The zero-order chi connectivity index (χ0) is 21.0. The van der Waals surface area contributed by atoms with Crippen LogP contribution in [0.25, 0.3) is 0 Å². The third-order valence-electron chi connectivity index (χ3n) is 4.57. The molecule has 3 rings (SSSR count). The Morgan fingerprint density at radius 1 is 1.38 bits per heavy atom. The molecule has 0 aliphatic carbocycles. The van der Waals surface area contributed by atoms with E-state index in [1.165, 1.54) is 19.3 Å². The van der Waals surface area contributed by atoms with Crippen molar-refractivity contribution in [3.8, 4) is 5.75 Å². The molecule has 1 aromatic rings. The molecule has 0 aromatic heterocycles. The quantitative estimate of drug-likeness (QED) is 0.750. The first kappa shape index (κ1) is 21.5. The fourth-order valence-corrected chi connectivity index (χ4v) is 3.38. The van der Waals surface area contributed by atoms with E-state index in [0.29, 0.717) is 30.5 Å². The average molecular weight is 432 g/mol. The molecule has 2 aliphatic rings. The number of nitrogens with one attached hydrogen (secondary N) is 2. The molecule has 1 atom stereocenters. The van der Waals surface area contributed by atoms with Crippen molar-refractivity contribution in [3.05, 3.63) is 52.3 Å². The van der Waals surface area contributed by atoms with E-state index in [0.717, 1.165) is 30.9 Å². The number of hydrogen-bond donors (Lipinski definition) is 2. The highest BCUT2D eigenvalue weighted by molar-refractivity contribution is 6.31. The van der Waals surface area contributed by atoms with Crippen molar-refractivity contribution >= 4 is 17.5 Å². The number of benzene rings is 1. The summed E-state index contributed by atoms with van der Waals surface area (Å²) in [5.74, 6) is -0.157. The summed E-state index contributed by atoms with van der Waals surface area (Å²) in [5, 5.41) is 5.14. The van der Waals surface area contributed by atoms with Gasteiger partial charge in [0.25, 0.3) is 5.91 Å². The first-order valence-electron chi connectivity index (χ1n) is 8.97. The van der Waals surface area contributed by atoms with Gasteiger partial charge in [-0.3, -0.25) is 9.69 Å². The minimum atomic E-state index is -4.41. The lowest BCUT2D eigenvalue weighted by molar-refractivity contribution is -0.142. The zero-order valence-corrected chi connectivity index (χ0v) is 16.4. The summed E-state index contributed by atoms with van der Waals surface area (Å²) >= 11 is 6.21. The number of carbonyl (C=O) groups excluding carboxylic acids is 1. The monoisotopic (exact) mass is 431 g/mol. The van der Waals surface area contributed by atoms with Crippen LogP contribution in [0.1, 0.15) is 15.9 Å². The molecule has 2 N–H and O–H groups in total. The van der Waals surface area contributed by atoms with Gasteiger partial charge in [0.2, 0.25) is 0 Å². The standard InChI is InChI=1S/C19H21ClF3N3O3/c1-28-17-12(11-26-4-6-29-7-5-26)8-13(20)9-15(17)18(27)25-14-2-3-16(24-10-14)19(21,22)23/h2-3,8-10,16,24H,4-7,11H2,1H3,(H,25,27). The zero-order valence-electron chi connectivity index (χ0n) is 15.7. The van der Waals surface area contributed by atoms with Crippen molar-refractivity contribution in [1.29, 1.82) is 0 Å². The van der Waals surface area contributed by atoms with Crippen molar-refractivity contribution in [2.24, 2.45) is 0 Å². The second-order valence-corrected chi connectivity index (χ2v) is 7.07. The lowest BCUT2D eigenvalue weighted by Crippen LogP contribution is -2.40. The Hall–Kier alpha value is -2.23. The molecule has 1 saturated heterocycles. The molecule has 10 heteroatoms. The number of allylic oxidation sites excluding steroid dienone is 1. The van der Waals surface area contributed by atoms with E-state index in [9.17, 15) is 18.0 Å². The van der Waals surface area contributed by atoms with Crippen LogP contribution in [-0.4, -0.2) is 56.4 Å². The van der Waals surface area contributed by atoms with Crippen molar-refractivity contribution in [3.63, 3.8) is 0 Å². The Morgan fingerprint density at radius 3 is 2.69 bits per heavy atom. The van der Waals surface area contributed by atoms with Gasteiger partial charge < -0.3 is 20.1 Å². The maximum absolute atomic E-state index is 12.8. The first-order valence-corrected chi connectivity index (χ1v) is 9.34. The Balaban J connectivity index is 1.76. The largest absolute Gasteiger partial charge is 0.496 e. The molecule has 1 unspecified atom stereocenters. The van der Waals surface area contributed by atoms with Crippen LogP contribution in [0.15, 0.2) is 36.2 Å². The number of morpholine rings is 1. The van der Waals surface area contributed by atoms with Gasteiger partial charge in [-0.2, -0.15) is 13.2 Å². The van der Waals surface area contributed by atoms with E-state index in [2.05, 4.69) is 15.5 Å². The molecule has 0 spiro atoms. The van der Waals surface area contributed by atoms with Gasteiger partial charge in [0.1, 0.15) is 11.8 Å². The molecular formula is C19H21ClF3N3O3. The fraction of sp³-hybridized carbons (Fsp3) is 0.421. The molecule has 0 saturated carbocycles. The highest BCUT2D eigenvalue weighted by atomic mass is 35.5. The average Bonchev–Trinajstić information content (AvgIpc) is 2.68. The summed E-state index contributed by atoms with van der Waals surface area (Å²) in [6.45, 7) is 3.29. The van der Waals surface area contributed by atoms with Gasteiger partial charge in [0, 0.05) is 36.4 Å². The number of amides is 1. The number of rotatable bonds is 5. The molecule has 2 aliphatic heterocycles. The lowest BCUT2D eigenvalue weighted by atomic mass is 10.1. The maximum atomic E-state index is 12.8. The maximum Gasteiger partial charge on any atom is 0.412 e. The second kappa shape index (κ2) is 9.06. The third-order valence-corrected chi connectivity index (χ3v) is 4.79. The predicted molar refractivity (Wildman–Crippen MR) is 102 cm³/mol. The predicted octanol–water partition coefficient (Wildman–Crippen LogP) is 2.84. The molecule has 1 amide bonds. The minimum Gasteiger partial charge on any atom is -0.496 e. The topological polar surface area (TPSA) is 62.8 Å². The number of alkyl halides is 3. The summed E-state index contributed by atoms with van der Waals surface area (Å²) in [5.41, 5.74) is 1.15. The van der Waals surface area contributed by atoms with Crippen LogP contribution in [-0.2, 0) is 11.3 Å². The van der Waals surface area contributed by atoms with Gasteiger partial charge in [-0.25, -0.2) is 0 Å². The molecule has 6 nitrogen and oxygen atoms in total. The number of hydrogen-bond acceptors (Lipinski definition) is 5. The highest BCUT2D eigenvalue weighted by Gasteiger charge is 2.38. The van der Waals surface area contributed by atoms with E-state index in [4.69, 9.17) is 21.1 Å². The SMILES string of the molecule is COc1c(CN2CCOCC2)cc(Cl)cc1C(=O)NC1=CNC(C(F)(F)F)C=C1. The number of carbonyl (C=O) groups is 1. The molecule has 29 heavy (non-hydrogen) atoms. The van der Waals surface area contributed by atoms with Gasteiger partial charge in [0.05, 0.1) is 31.6 Å². The van der Waals surface area contributed by atoms with Gasteiger partial charge in [-0.1, -0.05) is 17.7 Å². The van der Waals surface area contributed by atoms with Gasteiger partial charge in [-0.05, 0) is 18.2 Å². The van der Waals surface area contributed by atoms with E-state index in [1.807, 2.05) is 0 Å². The fourth-order valence-electron chi connectivity index (χ4n) is 3.14. The van der Waals surface area contributed by atoms with Gasteiger partial charge in [0.15, 0.2) is 0 Å². The Bertz CT molecular complexity index is 821. The van der Waals surface area contributed by atoms with Crippen LogP contribution in [0.3, 0.4) is 0 Å². The molecule has 1 aromatic carbocycles. The summed E-state index contributed by atoms with van der Waals surface area (Å²) in [6.07, 6.45) is -1.15. The highest BCUT2D eigenvalue weighted by Crippen LogP contribution is 2.30. The number of ether oxygens (including phenoxy) is 2. The molecule has 2 heterocycles. The smallest absolute Gasteiger partial charge is 0.412 e. The van der Waals surface area contributed by atoms with Crippen molar-refractivity contribution in [1.82, 2.24) is 15.5 Å². The van der Waals surface area contributed by atoms with E-state index in [-0.39, 0.29) is 11.3 Å². The number of methoxy groups -OCH3 is 1. The number of dihydropyridines is 1. The molecule has 1 fully saturated rings. The van der Waals surface area contributed by atoms with E-state index >= 15 is 0 Å². The summed E-state index contributed by atoms with van der Waals surface area (Å²) in [4.78, 5) is 14.9. The van der Waals surface area contributed by atoms with Gasteiger partial charge >= 0.3 is 6.18 Å². The van der Waals surface area contributed by atoms with Crippen molar-refractivity contribution in [2.75, 3.05) is 33.4 Å². The van der Waals surface area contributed by atoms with Crippen molar-refractivity contribution < 1.29 is 27.4 Å². The summed E-state index contributed by atoms with van der Waals surface area (Å²) in [7, 11) is 1.46. The van der Waals surface area contributed by atoms with E-state index in [1.54, 1.807) is 6.07 Å². The van der Waals surface area contributed by atoms with Crippen molar-refractivity contribution in [2.45, 2.75) is 18.8 Å². The van der Waals surface area contributed by atoms with Gasteiger partial charge in [-0.15, -0.1) is 0 Å². The first-order chi connectivity index (χ1) is 13.8. The summed E-state index contributed by atoms with van der Waals surface area (Å²) in [6, 6.07) is 1.42. The normalized spacial score (nSPS) is 20.0. The van der Waals surface area contributed by atoms with Crippen LogP contribution in [0.2, 0.25) is 5.02 Å². The number of nitrogens with zero attached hydrogens (tertiary/aromatic N) is 1. The Morgan fingerprint density at radius 2 is 2.10 bits per heavy atom. The van der Waals surface area contributed by atoms with Crippen LogP contribution in [0, 0.1) is 0 Å². The molecular weight excluding hydrogens is 411 g/mol. The Labute approximate surface area is 171 Å². The molecule has 0 radical (unpaired) electrons. The molecule has 158 valence electrons. The number of halogens is 4. The van der Waals surface area contributed by atoms with Crippen LogP contribution >= 0.6 is 11.6 Å². The van der Waals surface area contributed by atoms with Crippen LogP contribution in [0.4, 0.5) is 13.2 Å². The lowest BCUT2D eigenvalue weighted by Gasteiger charge is -2.27. The molecule has 0 bridgehead atoms. The second-order valence-electron chi connectivity index (χ2n) is 6.63. The Kier molecular flexibility index (Phi) is 6.71. The van der Waals surface area contributed by atoms with Crippen LogP contribution < -0.4 is 15.4 Å². The summed E-state index contributed by atoms with van der Waals surface area (Å²) < 4.78 is 48.9. The van der Waals surface area contributed by atoms with Crippen LogP contribution in [0.5, 0.6) is 5.75 Å².